The normalized spacial score (nSPS) is 19.4. The van der Waals surface area contributed by atoms with Gasteiger partial charge < -0.3 is 18.8 Å². The number of nitrogens with zero attached hydrogens (tertiary/aromatic N) is 1. The lowest BCUT2D eigenvalue weighted by molar-refractivity contribution is 0.00696. The van der Waals surface area contributed by atoms with Crippen LogP contribution in [0.3, 0.4) is 0 Å². The fourth-order valence-corrected chi connectivity index (χ4v) is 7.02. The standard InChI is InChI=1S/C38H43NO4/c1-8-12-24(2)34-30-17-15-27(36(40)43-37(4,5)6)19-33(30)39-23-38(25(3)41-7)21-32(38)31-20-28(16-18-29(31)35(34)39)42-22-26-13-10-9-11-14-26/h9-11,13-20,24,32H,3,8,12,21-23H2,1-2,4-7H3. The van der Waals surface area contributed by atoms with Crippen LogP contribution in [0.1, 0.15) is 92.8 Å². The molecule has 224 valence electrons. The first-order valence-electron chi connectivity index (χ1n) is 15.5. The van der Waals surface area contributed by atoms with Gasteiger partial charge in [-0.25, -0.2) is 4.79 Å². The molecule has 2 aliphatic rings. The van der Waals surface area contributed by atoms with E-state index in [-0.39, 0.29) is 17.3 Å². The monoisotopic (exact) mass is 577 g/mol. The molecule has 0 N–H and O–H groups in total. The van der Waals surface area contributed by atoms with E-state index in [9.17, 15) is 4.79 Å². The van der Waals surface area contributed by atoms with Crippen LogP contribution in [0, 0.1) is 5.41 Å². The molecule has 3 aromatic carbocycles. The second-order valence-electron chi connectivity index (χ2n) is 13.3. The maximum atomic E-state index is 13.2. The number of allylic oxidation sites excluding steroid dienone is 1. The minimum atomic E-state index is -0.566. The van der Waals surface area contributed by atoms with Gasteiger partial charge in [0, 0.05) is 28.9 Å². The van der Waals surface area contributed by atoms with Gasteiger partial charge in [-0.3, -0.25) is 0 Å². The van der Waals surface area contributed by atoms with Gasteiger partial charge in [-0.05, 0) is 86.6 Å². The molecule has 3 unspecified atom stereocenters. The lowest BCUT2D eigenvalue weighted by Gasteiger charge is -2.21. The molecule has 43 heavy (non-hydrogen) atoms. The summed E-state index contributed by atoms with van der Waals surface area (Å²) < 4.78 is 20.4. The van der Waals surface area contributed by atoms with Crippen LogP contribution in [0.15, 0.2) is 79.1 Å². The highest BCUT2D eigenvalue weighted by molar-refractivity contribution is 5.99. The molecule has 2 heterocycles. The van der Waals surface area contributed by atoms with Crippen molar-refractivity contribution in [2.24, 2.45) is 5.41 Å². The minimum absolute atomic E-state index is 0.230. The van der Waals surface area contributed by atoms with Crippen LogP contribution in [-0.2, 0) is 22.6 Å². The Morgan fingerprint density at radius 1 is 1.09 bits per heavy atom. The minimum Gasteiger partial charge on any atom is -0.501 e. The van der Waals surface area contributed by atoms with E-state index >= 15 is 0 Å². The van der Waals surface area contributed by atoms with Crippen LogP contribution in [0.5, 0.6) is 5.75 Å². The zero-order valence-electron chi connectivity index (χ0n) is 26.3. The van der Waals surface area contributed by atoms with Crippen LogP contribution < -0.4 is 4.74 Å². The molecule has 5 heteroatoms. The smallest absolute Gasteiger partial charge is 0.338 e. The molecule has 1 aliphatic heterocycles. The zero-order chi connectivity index (χ0) is 30.5. The first-order valence-corrected chi connectivity index (χ1v) is 15.5. The van der Waals surface area contributed by atoms with Crippen LogP contribution in [0.2, 0.25) is 0 Å². The zero-order valence-corrected chi connectivity index (χ0v) is 26.3. The Balaban J connectivity index is 1.54. The molecule has 1 aromatic heterocycles. The molecule has 6 rings (SSSR count). The van der Waals surface area contributed by atoms with E-state index in [1.807, 2.05) is 51.1 Å². The van der Waals surface area contributed by atoms with E-state index in [0.29, 0.717) is 18.1 Å². The number of methoxy groups -OCH3 is 1. The molecule has 0 spiro atoms. The molecule has 4 aromatic rings. The Hall–Kier alpha value is -3.99. The van der Waals surface area contributed by atoms with Gasteiger partial charge in [0.25, 0.3) is 0 Å². The number of esters is 1. The van der Waals surface area contributed by atoms with Gasteiger partial charge in [-0.15, -0.1) is 0 Å². The summed E-state index contributed by atoms with van der Waals surface area (Å²) in [5, 5.41) is 1.19. The number of carbonyl (C=O) groups excluding carboxylic acids is 1. The Labute approximate surface area is 255 Å². The van der Waals surface area contributed by atoms with Crippen molar-refractivity contribution in [1.82, 2.24) is 4.57 Å². The van der Waals surface area contributed by atoms with Crippen LogP contribution >= 0.6 is 0 Å². The quantitative estimate of drug-likeness (QED) is 0.147. The summed E-state index contributed by atoms with van der Waals surface area (Å²) in [5.74, 6) is 1.98. The van der Waals surface area contributed by atoms with Crippen LogP contribution in [0.25, 0.3) is 22.2 Å². The van der Waals surface area contributed by atoms with E-state index in [1.54, 1.807) is 7.11 Å². The first-order chi connectivity index (χ1) is 20.6. The predicted octanol–water partition coefficient (Wildman–Crippen LogP) is 9.39. The average Bonchev–Trinajstić information content (AvgIpc) is 3.65. The Morgan fingerprint density at radius 2 is 1.86 bits per heavy atom. The Morgan fingerprint density at radius 3 is 2.56 bits per heavy atom. The van der Waals surface area contributed by atoms with Crippen molar-refractivity contribution < 1.29 is 19.0 Å². The number of fused-ring (bicyclic) bond motifs is 7. The molecule has 0 amide bonds. The van der Waals surface area contributed by atoms with Crippen LogP contribution in [-0.4, -0.2) is 23.2 Å². The summed E-state index contributed by atoms with van der Waals surface area (Å²) in [5.41, 5.74) is 7.05. The van der Waals surface area contributed by atoms with E-state index in [4.69, 9.17) is 14.2 Å². The molecule has 0 radical (unpaired) electrons. The van der Waals surface area contributed by atoms with Gasteiger partial charge >= 0.3 is 5.97 Å². The number of aromatic nitrogens is 1. The first kappa shape index (κ1) is 29.1. The van der Waals surface area contributed by atoms with Crippen molar-refractivity contribution in [3.8, 4) is 17.0 Å². The maximum Gasteiger partial charge on any atom is 0.338 e. The molecule has 3 atom stereocenters. The van der Waals surface area contributed by atoms with Gasteiger partial charge in [0.1, 0.15) is 18.0 Å². The topological polar surface area (TPSA) is 49.7 Å². The highest BCUT2D eigenvalue weighted by Gasteiger charge is 2.60. The number of hydrogen-bond donors (Lipinski definition) is 0. The van der Waals surface area contributed by atoms with Gasteiger partial charge in [-0.2, -0.15) is 0 Å². The van der Waals surface area contributed by atoms with Crippen molar-refractivity contribution in [2.75, 3.05) is 7.11 Å². The molecule has 1 saturated carbocycles. The van der Waals surface area contributed by atoms with Crippen molar-refractivity contribution in [3.05, 3.63) is 101 Å². The van der Waals surface area contributed by atoms with E-state index in [2.05, 4.69) is 61.4 Å². The maximum absolute atomic E-state index is 13.2. The van der Waals surface area contributed by atoms with Crippen molar-refractivity contribution in [3.63, 3.8) is 0 Å². The summed E-state index contributed by atoms with van der Waals surface area (Å²) in [6.07, 6.45) is 3.13. The van der Waals surface area contributed by atoms with Crippen molar-refractivity contribution >= 4 is 16.9 Å². The van der Waals surface area contributed by atoms with Crippen molar-refractivity contribution in [1.29, 1.82) is 0 Å². The SMILES string of the molecule is C=C(OC)C12CC1c1cc(OCc3ccccc3)ccc1-c1c(C(C)CCC)c3ccc(C(=O)OC(C)(C)C)cc3n1C2. The second-order valence-corrected chi connectivity index (χ2v) is 13.3. The summed E-state index contributed by atoms with van der Waals surface area (Å²) in [7, 11) is 1.72. The van der Waals surface area contributed by atoms with E-state index in [1.165, 1.54) is 27.8 Å². The van der Waals surface area contributed by atoms with E-state index in [0.717, 1.165) is 48.4 Å². The molecule has 0 bridgehead atoms. The highest BCUT2D eigenvalue weighted by Crippen LogP contribution is 2.68. The summed E-state index contributed by atoms with van der Waals surface area (Å²) in [4.78, 5) is 13.2. The largest absolute Gasteiger partial charge is 0.501 e. The number of carbonyl (C=O) groups is 1. The fourth-order valence-electron chi connectivity index (χ4n) is 7.02. The number of ether oxygens (including phenoxy) is 3. The van der Waals surface area contributed by atoms with Gasteiger partial charge in [0.15, 0.2) is 0 Å². The molecule has 1 fully saturated rings. The summed E-state index contributed by atoms with van der Waals surface area (Å²) in [6, 6.07) is 22.9. The third kappa shape index (κ3) is 5.24. The average molecular weight is 578 g/mol. The number of rotatable bonds is 9. The summed E-state index contributed by atoms with van der Waals surface area (Å²) >= 11 is 0. The van der Waals surface area contributed by atoms with Gasteiger partial charge in [0.05, 0.1) is 29.5 Å². The molecule has 0 saturated heterocycles. The lowest BCUT2D eigenvalue weighted by atomic mass is 9.88. The Bertz CT molecular complexity index is 1690. The van der Waals surface area contributed by atoms with Crippen LogP contribution in [0.4, 0.5) is 0 Å². The molecular formula is C38H43NO4. The lowest BCUT2D eigenvalue weighted by Crippen LogP contribution is -2.23. The van der Waals surface area contributed by atoms with E-state index < -0.39 is 5.60 Å². The summed E-state index contributed by atoms with van der Waals surface area (Å²) in [6.45, 7) is 15.9. The third-order valence-electron chi connectivity index (χ3n) is 9.17. The van der Waals surface area contributed by atoms with Gasteiger partial charge in [-0.1, -0.05) is 63.2 Å². The molecular weight excluding hydrogens is 534 g/mol. The fraction of sp³-hybridized carbons (Fsp3) is 0.395. The molecule has 1 aliphatic carbocycles. The molecule has 5 nitrogen and oxygen atoms in total. The Kier molecular flexibility index (Phi) is 7.40. The third-order valence-corrected chi connectivity index (χ3v) is 9.17. The number of benzene rings is 3. The second kappa shape index (κ2) is 10.9. The predicted molar refractivity (Wildman–Crippen MR) is 173 cm³/mol. The number of hydrogen-bond acceptors (Lipinski definition) is 4. The van der Waals surface area contributed by atoms with Gasteiger partial charge in [0.2, 0.25) is 0 Å². The highest BCUT2D eigenvalue weighted by atomic mass is 16.6. The van der Waals surface area contributed by atoms with Crippen molar-refractivity contribution in [2.45, 2.75) is 84.5 Å².